The van der Waals surface area contributed by atoms with Crippen LogP contribution in [-0.4, -0.2) is 40.8 Å². The van der Waals surface area contributed by atoms with E-state index in [4.69, 9.17) is 4.74 Å². The Balaban J connectivity index is 1.76. The summed E-state index contributed by atoms with van der Waals surface area (Å²) in [6.07, 6.45) is 0.578. The highest BCUT2D eigenvalue weighted by atomic mass is 19.1. The Bertz CT molecular complexity index is 862. The van der Waals surface area contributed by atoms with Gasteiger partial charge in [-0.2, -0.15) is 5.10 Å². The molecule has 28 heavy (non-hydrogen) atoms. The van der Waals surface area contributed by atoms with Crippen LogP contribution >= 0.6 is 0 Å². The molecule has 7 heteroatoms. The van der Waals surface area contributed by atoms with Crippen molar-refractivity contribution >= 4 is 5.91 Å². The van der Waals surface area contributed by atoms with Gasteiger partial charge in [0.25, 0.3) is 5.91 Å². The minimum atomic E-state index is -0.253. The number of carbonyl (C=O) groups excluding carboxylic acids is 1. The predicted octanol–water partition coefficient (Wildman–Crippen LogP) is 3.06. The summed E-state index contributed by atoms with van der Waals surface area (Å²) in [4.78, 5) is 14.8. The summed E-state index contributed by atoms with van der Waals surface area (Å²) in [5.74, 6) is -0.439. The molecule has 152 valence electrons. The Morgan fingerprint density at radius 3 is 2.79 bits per heavy atom. The molecule has 1 aliphatic heterocycles. The first-order valence-electron chi connectivity index (χ1n) is 9.75. The molecule has 3 rings (SSSR count). The standard InChI is InChI=1S/C21H29FN4O2/c1-6-26-20(17-9-13(2)28-14(3)19(17)24-26)21(27)23-11-15-7-8-16(12-25(4)5)18(22)10-15/h7-8,10,13-14H,6,9,11-12H2,1-5H3,(H,23,27)/t13-,14+/m0/s1. The van der Waals surface area contributed by atoms with Gasteiger partial charge in [-0.1, -0.05) is 12.1 Å². The number of aryl methyl sites for hydroxylation is 1. The summed E-state index contributed by atoms with van der Waals surface area (Å²) in [7, 11) is 3.80. The Morgan fingerprint density at radius 2 is 2.14 bits per heavy atom. The van der Waals surface area contributed by atoms with Crippen LogP contribution in [0.2, 0.25) is 0 Å². The number of nitrogens with zero attached hydrogens (tertiary/aromatic N) is 3. The monoisotopic (exact) mass is 388 g/mol. The Labute approximate surface area is 165 Å². The first-order valence-corrected chi connectivity index (χ1v) is 9.75. The molecule has 1 amide bonds. The highest BCUT2D eigenvalue weighted by Crippen LogP contribution is 2.31. The number of ether oxygens (including phenoxy) is 1. The quantitative estimate of drug-likeness (QED) is 0.826. The van der Waals surface area contributed by atoms with Crippen LogP contribution in [0, 0.1) is 5.82 Å². The SMILES string of the molecule is CCn1nc2c(c1C(=O)NCc1ccc(CN(C)C)c(F)c1)C[C@H](C)O[C@@H]2C. The Kier molecular flexibility index (Phi) is 6.15. The molecule has 6 nitrogen and oxygen atoms in total. The van der Waals surface area contributed by atoms with Gasteiger partial charge in [-0.05, 0) is 46.5 Å². The van der Waals surface area contributed by atoms with Gasteiger partial charge in [-0.15, -0.1) is 0 Å². The van der Waals surface area contributed by atoms with Gasteiger partial charge < -0.3 is 15.0 Å². The topological polar surface area (TPSA) is 59.4 Å². The van der Waals surface area contributed by atoms with Gasteiger partial charge in [0.1, 0.15) is 11.5 Å². The van der Waals surface area contributed by atoms with E-state index in [1.54, 1.807) is 10.7 Å². The lowest BCUT2D eigenvalue weighted by molar-refractivity contribution is -0.00712. The molecule has 0 spiro atoms. The zero-order valence-corrected chi connectivity index (χ0v) is 17.3. The van der Waals surface area contributed by atoms with Gasteiger partial charge in [0.2, 0.25) is 0 Å². The van der Waals surface area contributed by atoms with Crippen LogP contribution in [0.5, 0.6) is 0 Å². The number of halogens is 1. The fourth-order valence-electron chi connectivity index (χ4n) is 3.71. The summed E-state index contributed by atoms with van der Waals surface area (Å²) < 4.78 is 21.8. The van der Waals surface area contributed by atoms with Crippen LogP contribution in [0.1, 0.15) is 59.7 Å². The molecule has 0 bridgehead atoms. The molecule has 0 saturated heterocycles. The van der Waals surface area contributed by atoms with Crippen molar-refractivity contribution in [1.82, 2.24) is 20.0 Å². The molecular formula is C21H29FN4O2. The van der Waals surface area contributed by atoms with E-state index in [1.807, 2.05) is 45.8 Å². The maximum Gasteiger partial charge on any atom is 0.270 e. The van der Waals surface area contributed by atoms with E-state index in [-0.39, 0.29) is 30.5 Å². The largest absolute Gasteiger partial charge is 0.369 e. The predicted molar refractivity (Wildman–Crippen MR) is 106 cm³/mol. The second-order valence-corrected chi connectivity index (χ2v) is 7.67. The van der Waals surface area contributed by atoms with Gasteiger partial charge in [0.05, 0.1) is 17.9 Å². The molecule has 1 aliphatic rings. The number of aromatic nitrogens is 2. The van der Waals surface area contributed by atoms with Gasteiger partial charge >= 0.3 is 0 Å². The summed E-state index contributed by atoms with van der Waals surface area (Å²) in [5.41, 5.74) is 3.75. The van der Waals surface area contributed by atoms with E-state index >= 15 is 0 Å². The number of fused-ring (bicyclic) bond motifs is 1. The molecular weight excluding hydrogens is 359 g/mol. The van der Waals surface area contributed by atoms with E-state index < -0.39 is 0 Å². The lowest BCUT2D eigenvalue weighted by Crippen LogP contribution is -2.28. The van der Waals surface area contributed by atoms with E-state index in [0.717, 1.165) is 16.8 Å². The van der Waals surface area contributed by atoms with Crippen molar-refractivity contribution < 1.29 is 13.9 Å². The van der Waals surface area contributed by atoms with Crippen LogP contribution in [0.3, 0.4) is 0 Å². The highest BCUT2D eigenvalue weighted by Gasteiger charge is 2.31. The molecule has 1 aromatic carbocycles. The summed E-state index contributed by atoms with van der Waals surface area (Å²) in [6.45, 7) is 7.33. The normalized spacial score (nSPS) is 19.0. The first kappa shape index (κ1) is 20.5. The second kappa shape index (κ2) is 8.41. The molecule has 0 aliphatic carbocycles. The Morgan fingerprint density at radius 1 is 1.39 bits per heavy atom. The number of hydrogen-bond acceptors (Lipinski definition) is 4. The van der Waals surface area contributed by atoms with Crippen LogP contribution in [0.15, 0.2) is 18.2 Å². The number of nitrogens with one attached hydrogen (secondary N) is 1. The fraction of sp³-hybridized carbons (Fsp3) is 0.524. The number of amides is 1. The first-order chi connectivity index (χ1) is 13.3. The maximum absolute atomic E-state index is 14.3. The molecule has 0 unspecified atom stereocenters. The van der Waals surface area contributed by atoms with Crippen molar-refractivity contribution in [3.05, 3.63) is 52.1 Å². The van der Waals surface area contributed by atoms with Crippen molar-refractivity contribution in [3.8, 4) is 0 Å². The van der Waals surface area contributed by atoms with Gasteiger partial charge in [0, 0.05) is 37.2 Å². The third-order valence-corrected chi connectivity index (χ3v) is 4.97. The molecule has 0 saturated carbocycles. The lowest BCUT2D eigenvalue weighted by Gasteiger charge is -2.24. The van der Waals surface area contributed by atoms with Crippen LogP contribution in [-0.2, 0) is 30.8 Å². The smallest absolute Gasteiger partial charge is 0.270 e. The zero-order chi connectivity index (χ0) is 20.4. The van der Waals surface area contributed by atoms with Crippen molar-refractivity contribution in [3.63, 3.8) is 0 Å². The summed E-state index contributed by atoms with van der Waals surface area (Å²) >= 11 is 0. The summed E-state index contributed by atoms with van der Waals surface area (Å²) in [6, 6.07) is 5.12. The van der Waals surface area contributed by atoms with Gasteiger partial charge in [-0.3, -0.25) is 9.48 Å². The summed E-state index contributed by atoms with van der Waals surface area (Å²) in [5, 5.41) is 7.51. The molecule has 2 heterocycles. The Hall–Kier alpha value is -2.25. The van der Waals surface area contributed by atoms with E-state index in [9.17, 15) is 9.18 Å². The molecule has 2 atom stereocenters. The molecule has 0 radical (unpaired) electrons. The zero-order valence-electron chi connectivity index (χ0n) is 17.3. The van der Waals surface area contributed by atoms with Crippen LogP contribution in [0.4, 0.5) is 4.39 Å². The number of hydrogen-bond donors (Lipinski definition) is 1. The molecule has 1 N–H and O–H groups in total. The van der Waals surface area contributed by atoms with E-state index in [1.165, 1.54) is 6.07 Å². The average molecular weight is 388 g/mol. The van der Waals surface area contributed by atoms with Gasteiger partial charge in [0.15, 0.2) is 0 Å². The van der Waals surface area contributed by atoms with Crippen molar-refractivity contribution in [2.75, 3.05) is 14.1 Å². The van der Waals surface area contributed by atoms with Crippen molar-refractivity contribution in [2.24, 2.45) is 0 Å². The average Bonchev–Trinajstić information content (AvgIpc) is 3.00. The van der Waals surface area contributed by atoms with Crippen LogP contribution in [0.25, 0.3) is 0 Å². The van der Waals surface area contributed by atoms with Crippen LogP contribution < -0.4 is 5.32 Å². The second-order valence-electron chi connectivity index (χ2n) is 7.67. The maximum atomic E-state index is 14.3. The highest BCUT2D eigenvalue weighted by molar-refractivity contribution is 5.94. The molecule has 0 fully saturated rings. The molecule has 1 aromatic heterocycles. The van der Waals surface area contributed by atoms with E-state index in [2.05, 4.69) is 10.4 Å². The lowest BCUT2D eigenvalue weighted by atomic mass is 9.99. The third kappa shape index (κ3) is 4.25. The number of carbonyl (C=O) groups is 1. The van der Waals surface area contributed by atoms with Crippen molar-refractivity contribution in [2.45, 2.75) is 59.0 Å². The fourth-order valence-corrected chi connectivity index (χ4v) is 3.71. The third-order valence-electron chi connectivity index (χ3n) is 4.97. The minimum absolute atomic E-state index is 0.0434. The number of rotatable bonds is 6. The van der Waals surface area contributed by atoms with Gasteiger partial charge in [-0.25, -0.2) is 4.39 Å². The van der Waals surface area contributed by atoms with E-state index in [0.29, 0.717) is 30.8 Å². The number of benzene rings is 1. The van der Waals surface area contributed by atoms with Crippen molar-refractivity contribution in [1.29, 1.82) is 0 Å². The minimum Gasteiger partial charge on any atom is -0.369 e. The molecule has 2 aromatic rings.